The van der Waals surface area contributed by atoms with Gasteiger partial charge in [0.2, 0.25) is 0 Å². The maximum absolute atomic E-state index is 6.42. The first-order valence-corrected chi connectivity index (χ1v) is 10.2. The van der Waals surface area contributed by atoms with Gasteiger partial charge in [0.05, 0.1) is 22.8 Å². The van der Waals surface area contributed by atoms with Crippen LogP contribution in [0.15, 0.2) is 22.7 Å². The van der Waals surface area contributed by atoms with Crippen molar-refractivity contribution in [1.29, 1.82) is 0 Å². The normalized spacial score (nSPS) is 27.8. The smallest absolute Gasteiger partial charge is 0.145 e. The quantitative estimate of drug-likeness (QED) is 0.773. The summed E-state index contributed by atoms with van der Waals surface area (Å²) in [5, 5.41) is 9.00. The van der Waals surface area contributed by atoms with Gasteiger partial charge in [-0.2, -0.15) is 0 Å². The molecule has 1 N–H and O–H groups in total. The monoisotopic (exact) mass is 392 g/mol. The molecule has 1 aromatic heterocycles. The molecule has 3 atom stereocenters. The van der Waals surface area contributed by atoms with E-state index in [0.29, 0.717) is 28.7 Å². The van der Waals surface area contributed by atoms with Gasteiger partial charge in [-0.25, -0.2) is 0 Å². The second kappa shape index (κ2) is 6.83. The molecule has 138 valence electrons. The molecule has 4 nitrogen and oxygen atoms in total. The molecule has 1 aromatic carbocycles. The first kappa shape index (κ1) is 17.1. The van der Waals surface area contributed by atoms with Gasteiger partial charge in [0.25, 0.3) is 0 Å². The van der Waals surface area contributed by atoms with E-state index in [9.17, 15) is 0 Å². The summed E-state index contributed by atoms with van der Waals surface area (Å²) in [7, 11) is 0. The zero-order valence-electron chi connectivity index (χ0n) is 14.5. The molecular weight excluding hydrogens is 371 g/mol. The highest BCUT2D eigenvalue weighted by Crippen LogP contribution is 2.46. The van der Waals surface area contributed by atoms with Crippen molar-refractivity contribution in [3.05, 3.63) is 39.6 Å². The molecule has 2 heterocycles. The van der Waals surface area contributed by atoms with Crippen molar-refractivity contribution in [3.8, 4) is 11.3 Å². The Morgan fingerprint density at radius 2 is 1.81 bits per heavy atom. The third kappa shape index (κ3) is 3.07. The van der Waals surface area contributed by atoms with Gasteiger partial charge in [0.15, 0.2) is 0 Å². The van der Waals surface area contributed by atoms with E-state index in [1.807, 2.05) is 18.2 Å². The van der Waals surface area contributed by atoms with Crippen molar-refractivity contribution in [2.45, 2.75) is 44.3 Å². The van der Waals surface area contributed by atoms with Crippen molar-refractivity contribution >= 4 is 23.2 Å². The third-order valence-corrected chi connectivity index (χ3v) is 6.67. The van der Waals surface area contributed by atoms with Crippen LogP contribution in [0.25, 0.3) is 11.3 Å². The number of aromatic nitrogens is 1. The zero-order valence-corrected chi connectivity index (χ0v) is 16.0. The third-order valence-electron chi connectivity index (χ3n) is 6.04. The summed E-state index contributed by atoms with van der Waals surface area (Å²) in [5.41, 5.74) is 2.51. The lowest BCUT2D eigenvalue weighted by Gasteiger charge is -2.14. The number of nitrogens with zero attached hydrogens (tertiary/aromatic N) is 1. The van der Waals surface area contributed by atoms with Crippen molar-refractivity contribution < 1.29 is 9.26 Å². The summed E-state index contributed by atoms with van der Waals surface area (Å²) >= 11 is 12.8. The summed E-state index contributed by atoms with van der Waals surface area (Å²) in [6.45, 7) is 2.78. The first-order chi connectivity index (χ1) is 12.7. The van der Waals surface area contributed by atoms with E-state index in [1.54, 1.807) is 0 Å². The van der Waals surface area contributed by atoms with Crippen LogP contribution < -0.4 is 5.32 Å². The predicted octanol–water partition coefficient (Wildman–Crippen LogP) is 5.04. The Hall–Kier alpha value is -1.07. The standard InChI is InChI=1S/C20H22Cl2N2O2/c21-16-2-1-3-17(22)18(16)19-15(20(26-24-19)11-4-5-11)10-25-14-6-12-8-23-9-13(12)7-14/h1-3,11-14,23H,4-10H2/t12-,13+,14?. The van der Waals surface area contributed by atoms with Crippen LogP contribution in [0, 0.1) is 11.8 Å². The molecule has 0 amide bonds. The fraction of sp³-hybridized carbons (Fsp3) is 0.550. The lowest BCUT2D eigenvalue weighted by Crippen LogP contribution is -2.16. The highest BCUT2D eigenvalue weighted by Gasteiger charge is 2.39. The maximum atomic E-state index is 6.42. The van der Waals surface area contributed by atoms with E-state index in [1.165, 1.54) is 0 Å². The van der Waals surface area contributed by atoms with Crippen LogP contribution in [-0.2, 0) is 11.3 Å². The molecule has 0 spiro atoms. The van der Waals surface area contributed by atoms with Crippen LogP contribution in [0.2, 0.25) is 10.0 Å². The minimum absolute atomic E-state index is 0.323. The van der Waals surface area contributed by atoms with Crippen LogP contribution >= 0.6 is 23.2 Å². The Labute approximate surface area is 163 Å². The van der Waals surface area contributed by atoms with Gasteiger partial charge >= 0.3 is 0 Å². The van der Waals surface area contributed by atoms with Crippen molar-refractivity contribution in [3.63, 3.8) is 0 Å². The molecular formula is C20H22Cl2N2O2. The zero-order chi connectivity index (χ0) is 17.7. The Kier molecular flexibility index (Phi) is 4.48. The highest BCUT2D eigenvalue weighted by atomic mass is 35.5. The summed E-state index contributed by atoms with van der Waals surface area (Å²) in [6.07, 6.45) is 4.91. The summed E-state index contributed by atoms with van der Waals surface area (Å²) in [4.78, 5) is 0. The van der Waals surface area contributed by atoms with Crippen LogP contribution in [0.3, 0.4) is 0 Å². The van der Waals surface area contributed by atoms with E-state index in [0.717, 1.165) is 73.2 Å². The molecule has 1 aliphatic heterocycles. The van der Waals surface area contributed by atoms with Crippen molar-refractivity contribution in [2.24, 2.45) is 11.8 Å². The van der Waals surface area contributed by atoms with E-state index in [-0.39, 0.29) is 0 Å². The second-order valence-corrected chi connectivity index (χ2v) is 8.64. The fourth-order valence-corrected chi connectivity index (χ4v) is 5.07. The molecule has 3 fully saturated rings. The Morgan fingerprint density at radius 3 is 2.46 bits per heavy atom. The molecule has 0 bridgehead atoms. The number of fused-ring (bicyclic) bond motifs is 1. The Balaban J connectivity index is 1.41. The molecule has 1 saturated heterocycles. The molecule has 5 rings (SSSR count). The first-order valence-electron chi connectivity index (χ1n) is 9.46. The van der Waals surface area contributed by atoms with Gasteiger partial charge in [-0.3, -0.25) is 0 Å². The summed E-state index contributed by atoms with van der Waals surface area (Å²) < 4.78 is 12.0. The fourth-order valence-electron chi connectivity index (χ4n) is 4.50. The Morgan fingerprint density at radius 1 is 1.12 bits per heavy atom. The van der Waals surface area contributed by atoms with Gasteiger partial charge in [-0.15, -0.1) is 0 Å². The number of hydrogen-bond acceptors (Lipinski definition) is 4. The summed E-state index contributed by atoms with van der Waals surface area (Å²) in [6, 6.07) is 5.52. The number of halogens is 2. The molecule has 2 aliphatic carbocycles. The molecule has 3 aliphatic rings. The average molecular weight is 393 g/mol. The largest absolute Gasteiger partial charge is 0.373 e. The topological polar surface area (TPSA) is 47.3 Å². The van der Waals surface area contributed by atoms with Gasteiger partial charge in [0, 0.05) is 17.0 Å². The minimum atomic E-state index is 0.323. The number of benzene rings is 1. The van der Waals surface area contributed by atoms with Crippen LogP contribution in [0.1, 0.15) is 42.9 Å². The van der Waals surface area contributed by atoms with E-state index < -0.39 is 0 Å². The van der Waals surface area contributed by atoms with Crippen LogP contribution in [0.4, 0.5) is 0 Å². The van der Waals surface area contributed by atoms with Crippen LogP contribution in [0.5, 0.6) is 0 Å². The minimum Gasteiger partial charge on any atom is -0.373 e. The number of nitrogens with one attached hydrogen (secondary N) is 1. The van der Waals surface area contributed by atoms with Gasteiger partial charge in [0.1, 0.15) is 11.5 Å². The lowest BCUT2D eigenvalue weighted by atomic mass is 10.0. The molecule has 2 aromatic rings. The number of hydrogen-bond donors (Lipinski definition) is 1. The number of ether oxygens (including phenoxy) is 1. The van der Waals surface area contributed by atoms with E-state index >= 15 is 0 Å². The van der Waals surface area contributed by atoms with E-state index in [2.05, 4.69) is 10.5 Å². The summed E-state index contributed by atoms with van der Waals surface area (Å²) in [5.74, 6) is 2.95. The molecule has 6 heteroatoms. The number of rotatable bonds is 5. The highest BCUT2D eigenvalue weighted by molar-refractivity contribution is 6.39. The SMILES string of the molecule is Clc1cccc(Cl)c1-c1noc(C2CC2)c1COC1C[C@H]2CNC[C@H]2C1. The Bertz CT molecular complexity index is 786. The molecule has 2 saturated carbocycles. The van der Waals surface area contributed by atoms with Gasteiger partial charge in [-0.1, -0.05) is 34.4 Å². The average Bonchev–Trinajstić information content (AvgIpc) is 3.04. The molecule has 26 heavy (non-hydrogen) atoms. The van der Waals surface area contributed by atoms with Gasteiger partial charge < -0.3 is 14.6 Å². The lowest BCUT2D eigenvalue weighted by molar-refractivity contribution is 0.0398. The van der Waals surface area contributed by atoms with Crippen molar-refractivity contribution in [1.82, 2.24) is 10.5 Å². The maximum Gasteiger partial charge on any atom is 0.145 e. The molecule has 0 radical (unpaired) electrons. The second-order valence-electron chi connectivity index (χ2n) is 7.83. The predicted molar refractivity (Wildman–Crippen MR) is 102 cm³/mol. The van der Waals surface area contributed by atoms with Crippen molar-refractivity contribution in [2.75, 3.05) is 13.1 Å². The van der Waals surface area contributed by atoms with Gasteiger partial charge in [-0.05, 0) is 62.7 Å². The van der Waals surface area contributed by atoms with E-state index in [4.69, 9.17) is 32.5 Å². The molecule has 1 unspecified atom stereocenters. The van der Waals surface area contributed by atoms with Crippen LogP contribution in [-0.4, -0.2) is 24.4 Å².